The second-order valence-electron chi connectivity index (χ2n) is 8.91. The molecule has 0 spiro atoms. The number of amides is 2. The van der Waals surface area contributed by atoms with Gasteiger partial charge in [0, 0.05) is 71.6 Å². The first kappa shape index (κ1) is 23.8. The van der Waals surface area contributed by atoms with Gasteiger partial charge in [-0.25, -0.2) is 0 Å². The van der Waals surface area contributed by atoms with Gasteiger partial charge in [-0.2, -0.15) is 0 Å². The van der Waals surface area contributed by atoms with Crippen LogP contribution in [0.2, 0.25) is 0 Å². The maximum atomic E-state index is 13.2. The molecule has 0 unspecified atom stereocenters. The van der Waals surface area contributed by atoms with E-state index in [0.717, 1.165) is 28.2 Å². The maximum absolute atomic E-state index is 13.2. The molecule has 8 heteroatoms. The second-order valence-corrected chi connectivity index (χ2v) is 8.91. The highest BCUT2D eigenvalue weighted by atomic mass is 16.5. The smallest absolute Gasteiger partial charge is 0.259 e. The number of carbonyl (C=O) groups excluding carboxylic acids is 2. The molecule has 0 aliphatic carbocycles. The lowest BCUT2D eigenvalue weighted by Gasteiger charge is -2.05. The molecule has 1 aliphatic rings. The van der Waals surface area contributed by atoms with E-state index in [0.29, 0.717) is 54.0 Å². The van der Waals surface area contributed by atoms with Crippen molar-refractivity contribution in [1.82, 2.24) is 14.5 Å². The first-order valence-corrected chi connectivity index (χ1v) is 12.1. The average Bonchev–Trinajstić information content (AvgIpc) is 3.53. The molecule has 1 aliphatic heterocycles. The van der Waals surface area contributed by atoms with Crippen LogP contribution in [0.3, 0.4) is 0 Å². The standard InChI is InChI=1S/C28H29N3O5/c1-36-18-9-10-24-20(15-18)22(17-31(24)12-6-14-33)26-25(27(34)29-28(26)35)21-16-30(11-4-5-13-32)23-8-3-2-7-19(21)23/h2-3,7-10,15-17,32-33H,4-6,11-14H2,1H3,(H,29,34,35). The molecule has 3 heterocycles. The number of hydrogen-bond acceptors (Lipinski definition) is 5. The fourth-order valence-corrected chi connectivity index (χ4v) is 5.02. The molecule has 0 saturated heterocycles. The predicted molar refractivity (Wildman–Crippen MR) is 138 cm³/mol. The van der Waals surface area contributed by atoms with Crippen molar-refractivity contribution in [3.63, 3.8) is 0 Å². The van der Waals surface area contributed by atoms with Gasteiger partial charge in [0.15, 0.2) is 0 Å². The zero-order valence-electron chi connectivity index (χ0n) is 20.2. The first-order chi connectivity index (χ1) is 17.6. The Labute approximate surface area is 208 Å². The Bertz CT molecular complexity index is 1490. The largest absolute Gasteiger partial charge is 0.497 e. The highest BCUT2D eigenvalue weighted by Gasteiger charge is 2.35. The number of aliphatic hydroxyl groups is 2. The third kappa shape index (κ3) is 4.08. The zero-order chi connectivity index (χ0) is 25.2. The molecule has 2 amide bonds. The third-order valence-electron chi connectivity index (χ3n) is 6.71. The molecule has 0 saturated carbocycles. The molecular weight excluding hydrogens is 458 g/mol. The second kappa shape index (κ2) is 10.0. The summed E-state index contributed by atoms with van der Waals surface area (Å²) >= 11 is 0. The number of benzene rings is 2. The van der Waals surface area contributed by atoms with Crippen molar-refractivity contribution in [2.75, 3.05) is 20.3 Å². The number of imide groups is 1. The van der Waals surface area contributed by atoms with Gasteiger partial charge >= 0.3 is 0 Å². The summed E-state index contributed by atoms with van der Waals surface area (Å²) in [6, 6.07) is 13.5. The number of methoxy groups -OCH3 is 1. The van der Waals surface area contributed by atoms with Crippen LogP contribution in [-0.4, -0.2) is 51.5 Å². The topological polar surface area (TPSA) is 106 Å². The summed E-state index contributed by atoms with van der Waals surface area (Å²) in [4.78, 5) is 26.5. The van der Waals surface area contributed by atoms with Gasteiger partial charge in [0.2, 0.25) is 0 Å². The van der Waals surface area contributed by atoms with Crippen molar-refractivity contribution >= 4 is 44.8 Å². The predicted octanol–water partition coefficient (Wildman–Crippen LogP) is 3.33. The maximum Gasteiger partial charge on any atom is 0.259 e. The molecule has 2 aromatic carbocycles. The molecule has 5 rings (SSSR count). The van der Waals surface area contributed by atoms with Gasteiger partial charge in [-0.15, -0.1) is 0 Å². The Morgan fingerprint density at radius 3 is 2.06 bits per heavy atom. The Kier molecular flexibility index (Phi) is 6.63. The number of hydrogen-bond donors (Lipinski definition) is 3. The lowest BCUT2D eigenvalue weighted by Crippen LogP contribution is -2.22. The third-order valence-corrected chi connectivity index (χ3v) is 6.71. The van der Waals surface area contributed by atoms with Crippen molar-refractivity contribution in [3.8, 4) is 5.75 Å². The normalized spacial score (nSPS) is 13.9. The minimum atomic E-state index is -0.434. The Morgan fingerprint density at radius 1 is 0.778 bits per heavy atom. The van der Waals surface area contributed by atoms with Crippen LogP contribution in [0, 0.1) is 0 Å². The van der Waals surface area contributed by atoms with E-state index >= 15 is 0 Å². The number of nitrogens with one attached hydrogen (secondary N) is 1. The minimum Gasteiger partial charge on any atom is -0.497 e. The van der Waals surface area contributed by atoms with Crippen LogP contribution in [0.5, 0.6) is 5.75 Å². The molecule has 0 fully saturated rings. The van der Waals surface area contributed by atoms with E-state index in [-0.39, 0.29) is 13.2 Å². The van der Waals surface area contributed by atoms with Crippen LogP contribution in [0.25, 0.3) is 33.0 Å². The van der Waals surface area contributed by atoms with Crippen molar-refractivity contribution in [3.05, 3.63) is 66.0 Å². The van der Waals surface area contributed by atoms with Crippen LogP contribution in [0.1, 0.15) is 30.4 Å². The monoisotopic (exact) mass is 487 g/mol. The number of aromatic nitrogens is 2. The zero-order valence-corrected chi connectivity index (χ0v) is 20.2. The SMILES string of the molecule is COc1ccc2c(c1)c(C1=C(c3cn(CCCCO)c4ccccc34)C(=O)NC1=O)cn2CCCO. The van der Waals surface area contributed by atoms with Crippen molar-refractivity contribution in [2.45, 2.75) is 32.4 Å². The highest BCUT2D eigenvalue weighted by molar-refractivity contribution is 6.50. The number of nitrogens with zero attached hydrogens (tertiary/aromatic N) is 2. The first-order valence-electron chi connectivity index (χ1n) is 12.1. The molecular formula is C28H29N3O5. The summed E-state index contributed by atoms with van der Waals surface area (Å²) in [6.07, 6.45) is 5.86. The van der Waals surface area contributed by atoms with Crippen LogP contribution < -0.4 is 10.1 Å². The molecule has 8 nitrogen and oxygen atoms in total. The Morgan fingerprint density at radius 2 is 1.39 bits per heavy atom. The summed E-state index contributed by atoms with van der Waals surface area (Å²) in [6.45, 7) is 1.44. The van der Waals surface area contributed by atoms with Crippen LogP contribution in [0.15, 0.2) is 54.9 Å². The van der Waals surface area contributed by atoms with Gasteiger partial charge in [0.05, 0.1) is 18.3 Å². The van der Waals surface area contributed by atoms with Gasteiger partial charge in [-0.05, 0) is 43.5 Å². The van der Waals surface area contributed by atoms with E-state index in [2.05, 4.69) is 9.88 Å². The number of para-hydroxylation sites is 1. The van der Waals surface area contributed by atoms with E-state index in [1.165, 1.54) is 0 Å². The van der Waals surface area contributed by atoms with Gasteiger partial charge in [-0.1, -0.05) is 18.2 Å². The minimum absolute atomic E-state index is 0.0495. The van der Waals surface area contributed by atoms with Gasteiger partial charge in [0.25, 0.3) is 11.8 Å². The van der Waals surface area contributed by atoms with Crippen molar-refractivity contribution < 1.29 is 24.5 Å². The highest BCUT2D eigenvalue weighted by Crippen LogP contribution is 2.39. The average molecular weight is 488 g/mol. The number of aliphatic hydroxyl groups excluding tert-OH is 2. The van der Waals surface area contributed by atoms with E-state index in [9.17, 15) is 19.8 Å². The number of carbonyl (C=O) groups is 2. The molecule has 4 aromatic rings. The van der Waals surface area contributed by atoms with Gasteiger partial charge in [-0.3, -0.25) is 14.9 Å². The molecule has 2 aromatic heterocycles. The molecule has 0 radical (unpaired) electrons. The summed E-state index contributed by atoms with van der Waals surface area (Å²) in [5, 5.41) is 22.8. The van der Waals surface area contributed by atoms with E-state index in [1.54, 1.807) is 7.11 Å². The molecule has 186 valence electrons. The van der Waals surface area contributed by atoms with Crippen LogP contribution >= 0.6 is 0 Å². The molecule has 36 heavy (non-hydrogen) atoms. The number of unbranched alkanes of at least 4 members (excludes halogenated alkanes) is 1. The van der Waals surface area contributed by atoms with Gasteiger partial charge in [0.1, 0.15) is 5.75 Å². The Balaban J connectivity index is 1.75. The number of fused-ring (bicyclic) bond motifs is 2. The van der Waals surface area contributed by atoms with Gasteiger partial charge < -0.3 is 24.1 Å². The van der Waals surface area contributed by atoms with E-state index in [1.807, 2.05) is 59.4 Å². The van der Waals surface area contributed by atoms with Crippen LogP contribution in [-0.2, 0) is 22.7 Å². The number of rotatable bonds is 10. The van der Waals surface area contributed by atoms with Crippen LogP contribution in [0.4, 0.5) is 0 Å². The van der Waals surface area contributed by atoms with Crippen molar-refractivity contribution in [1.29, 1.82) is 0 Å². The number of aryl methyl sites for hydroxylation is 2. The fraction of sp³-hybridized carbons (Fsp3) is 0.286. The summed E-state index contributed by atoms with van der Waals surface area (Å²) in [5.41, 5.74) is 3.89. The van der Waals surface area contributed by atoms with E-state index in [4.69, 9.17) is 4.74 Å². The summed E-state index contributed by atoms with van der Waals surface area (Å²) in [7, 11) is 1.59. The van der Waals surface area contributed by atoms with E-state index < -0.39 is 11.8 Å². The van der Waals surface area contributed by atoms with Crippen molar-refractivity contribution in [2.24, 2.45) is 0 Å². The summed E-state index contributed by atoms with van der Waals surface area (Å²) in [5.74, 6) is -0.209. The summed E-state index contributed by atoms with van der Waals surface area (Å²) < 4.78 is 9.52. The Hall–Kier alpha value is -3.88. The molecule has 0 atom stereocenters. The molecule has 0 bridgehead atoms. The fourth-order valence-electron chi connectivity index (χ4n) is 5.02. The lowest BCUT2D eigenvalue weighted by molar-refractivity contribution is -0.122. The quantitative estimate of drug-likeness (QED) is 0.235. The lowest BCUT2D eigenvalue weighted by atomic mass is 9.95. The molecule has 3 N–H and O–H groups in total. The number of ether oxygens (including phenoxy) is 1.